The Labute approximate surface area is 122 Å². The molecule has 0 saturated heterocycles. The van der Waals surface area contributed by atoms with Crippen LogP contribution in [-0.4, -0.2) is 27.6 Å². The van der Waals surface area contributed by atoms with Gasteiger partial charge in [-0.05, 0) is 18.2 Å². The van der Waals surface area contributed by atoms with Crippen molar-refractivity contribution in [2.24, 2.45) is 7.05 Å². The normalized spacial score (nSPS) is 21.5. The zero-order valence-electron chi connectivity index (χ0n) is 11.7. The summed E-state index contributed by atoms with van der Waals surface area (Å²) in [5.74, 6) is -0.382. The summed E-state index contributed by atoms with van der Waals surface area (Å²) in [6.45, 7) is 0. The smallest absolute Gasteiger partial charge is 0.338 e. The van der Waals surface area contributed by atoms with Gasteiger partial charge < -0.3 is 4.74 Å². The van der Waals surface area contributed by atoms with Gasteiger partial charge in [0.1, 0.15) is 11.9 Å². The van der Waals surface area contributed by atoms with E-state index in [0.717, 1.165) is 5.69 Å². The SMILES string of the molecule is Cn1nccc1[C@H]1CC(=O)C[C@@H]1OC(=O)c1ccccc1. The standard InChI is InChI=1S/C16H16N2O3/c1-18-14(7-8-17-18)13-9-12(19)10-15(13)21-16(20)11-5-3-2-4-6-11/h2-8,13,15H,9-10H2,1H3/t13-,15+/m1/s1. The van der Waals surface area contributed by atoms with E-state index in [1.54, 1.807) is 35.1 Å². The first kappa shape index (κ1) is 13.5. The van der Waals surface area contributed by atoms with Crippen molar-refractivity contribution in [1.82, 2.24) is 9.78 Å². The quantitative estimate of drug-likeness (QED) is 0.810. The maximum Gasteiger partial charge on any atom is 0.338 e. The van der Waals surface area contributed by atoms with E-state index in [1.165, 1.54) is 0 Å². The number of carbonyl (C=O) groups excluding carboxylic acids is 2. The number of benzene rings is 1. The van der Waals surface area contributed by atoms with Crippen LogP contribution in [0.5, 0.6) is 0 Å². The lowest BCUT2D eigenvalue weighted by molar-refractivity contribution is -0.117. The second kappa shape index (κ2) is 5.52. The molecule has 0 amide bonds. The van der Waals surface area contributed by atoms with Gasteiger partial charge in [0, 0.05) is 37.7 Å². The van der Waals surface area contributed by atoms with Gasteiger partial charge in [0.15, 0.2) is 0 Å². The maximum absolute atomic E-state index is 12.2. The Balaban J connectivity index is 1.79. The van der Waals surface area contributed by atoms with Crippen molar-refractivity contribution in [2.75, 3.05) is 0 Å². The van der Waals surface area contributed by atoms with Gasteiger partial charge >= 0.3 is 5.97 Å². The Morgan fingerprint density at radius 1 is 1.24 bits per heavy atom. The fraction of sp³-hybridized carbons (Fsp3) is 0.312. The van der Waals surface area contributed by atoms with E-state index in [4.69, 9.17) is 4.74 Å². The van der Waals surface area contributed by atoms with Crippen LogP contribution in [0.3, 0.4) is 0 Å². The fourth-order valence-electron chi connectivity index (χ4n) is 2.77. The number of hydrogen-bond acceptors (Lipinski definition) is 4. The first-order valence-corrected chi connectivity index (χ1v) is 6.91. The molecular formula is C16H16N2O3. The highest BCUT2D eigenvalue weighted by Crippen LogP contribution is 2.34. The van der Waals surface area contributed by atoms with Crippen LogP contribution in [0.15, 0.2) is 42.6 Å². The number of rotatable bonds is 3. The van der Waals surface area contributed by atoms with Crippen molar-refractivity contribution in [3.05, 3.63) is 53.9 Å². The summed E-state index contributed by atoms with van der Waals surface area (Å²) in [6, 6.07) is 10.7. The number of carbonyl (C=O) groups is 2. The molecule has 0 radical (unpaired) electrons. The maximum atomic E-state index is 12.2. The fourth-order valence-corrected chi connectivity index (χ4v) is 2.77. The largest absolute Gasteiger partial charge is 0.458 e. The predicted octanol–water partition coefficient (Wildman–Crippen LogP) is 2.09. The summed E-state index contributed by atoms with van der Waals surface area (Å²) in [7, 11) is 1.83. The van der Waals surface area contributed by atoms with Gasteiger partial charge in [-0.1, -0.05) is 18.2 Å². The summed E-state index contributed by atoms with van der Waals surface area (Å²) < 4.78 is 7.29. The van der Waals surface area contributed by atoms with Crippen LogP contribution >= 0.6 is 0 Å². The van der Waals surface area contributed by atoms with E-state index < -0.39 is 6.10 Å². The monoisotopic (exact) mass is 284 g/mol. The van der Waals surface area contributed by atoms with Crippen molar-refractivity contribution in [1.29, 1.82) is 0 Å². The minimum Gasteiger partial charge on any atom is -0.458 e. The number of esters is 1. The highest BCUT2D eigenvalue weighted by Gasteiger charge is 2.38. The van der Waals surface area contributed by atoms with Crippen molar-refractivity contribution in [2.45, 2.75) is 24.9 Å². The van der Waals surface area contributed by atoms with E-state index in [9.17, 15) is 9.59 Å². The number of aryl methyl sites for hydroxylation is 1. The molecule has 1 saturated carbocycles. The van der Waals surface area contributed by atoms with E-state index in [1.807, 2.05) is 19.2 Å². The molecule has 1 aromatic heterocycles. The molecule has 21 heavy (non-hydrogen) atoms. The molecule has 0 N–H and O–H groups in total. The van der Waals surface area contributed by atoms with E-state index in [-0.39, 0.29) is 24.1 Å². The number of ether oxygens (including phenoxy) is 1. The van der Waals surface area contributed by atoms with E-state index in [2.05, 4.69) is 5.10 Å². The van der Waals surface area contributed by atoms with Gasteiger partial charge in [-0.3, -0.25) is 9.48 Å². The summed E-state index contributed by atoms with van der Waals surface area (Å²) >= 11 is 0. The van der Waals surface area contributed by atoms with Crippen LogP contribution in [0.4, 0.5) is 0 Å². The number of aromatic nitrogens is 2. The highest BCUT2D eigenvalue weighted by atomic mass is 16.5. The molecular weight excluding hydrogens is 268 g/mol. The first-order valence-electron chi connectivity index (χ1n) is 6.91. The lowest BCUT2D eigenvalue weighted by atomic mass is 10.0. The highest BCUT2D eigenvalue weighted by molar-refractivity contribution is 5.90. The average molecular weight is 284 g/mol. The molecule has 1 aromatic carbocycles. The van der Waals surface area contributed by atoms with Gasteiger partial charge in [-0.15, -0.1) is 0 Å². The Kier molecular flexibility index (Phi) is 3.56. The molecule has 0 unspecified atom stereocenters. The third kappa shape index (κ3) is 2.72. The van der Waals surface area contributed by atoms with Gasteiger partial charge in [0.05, 0.1) is 5.56 Å². The van der Waals surface area contributed by atoms with Gasteiger partial charge in [-0.25, -0.2) is 4.79 Å². The average Bonchev–Trinajstić information content (AvgIpc) is 3.05. The molecule has 3 rings (SSSR count). The first-order chi connectivity index (χ1) is 10.1. The molecule has 0 aliphatic heterocycles. The number of Topliss-reactive ketones (excluding diaryl/α,β-unsaturated/α-hetero) is 1. The topological polar surface area (TPSA) is 61.2 Å². The Morgan fingerprint density at radius 3 is 2.67 bits per heavy atom. The van der Waals surface area contributed by atoms with Crippen molar-refractivity contribution >= 4 is 11.8 Å². The summed E-state index contributed by atoms with van der Waals surface area (Å²) in [6.07, 6.45) is 1.94. The molecule has 5 heteroatoms. The van der Waals surface area contributed by atoms with Crippen LogP contribution in [0.2, 0.25) is 0 Å². The van der Waals surface area contributed by atoms with Crippen LogP contribution in [-0.2, 0) is 16.6 Å². The third-order valence-corrected chi connectivity index (χ3v) is 3.83. The van der Waals surface area contributed by atoms with E-state index in [0.29, 0.717) is 12.0 Å². The molecule has 1 aliphatic carbocycles. The summed E-state index contributed by atoms with van der Waals surface area (Å²) in [5, 5.41) is 4.12. The number of ketones is 1. The molecule has 5 nitrogen and oxygen atoms in total. The van der Waals surface area contributed by atoms with Crippen LogP contribution in [0.1, 0.15) is 34.8 Å². The summed E-state index contributed by atoms with van der Waals surface area (Å²) in [4.78, 5) is 23.9. The molecule has 1 aliphatic rings. The van der Waals surface area contributed by atoms with Gasteiger partial charge in [0.25, 0.3) is 0 Å². The summed E-state index contributed by atoms with van der Waals surface area (Å²) in [5.41, 5.74) is 1.42. The van der Waals surface area contributed by atoms with Crippen molar-refractivity contribution in [3.8, 4) is 0 Å². The van der Waals surface area contributed by atoms with Crippen molar-refractivity contribution < 1.29 is 14.3 Å². The lowest BCUT2D eigenvalue weighted by Gasteiger charge is -2.19. The molecule has 108 valence electrons. The predicted molar refractivity (Wildman–Crippen MR) is 75.8 cm³/mol. The van der Waals surface area contributed by atoms with Crippen molar-refractivity contribution in [3.63, 3.8) is 0 Å². The minimum atomic E-state index is -0.416. The second-order valence-corrected chi connectivity index (χ2v) is 5.24. The Morgan fingerprint density at radius 2 is 2.00 bits per heavy atom. The molecule has 0 spiro atoms. The minimum absolute atomic E-state index is 0.113. The van der Waals surface area contributed by atoms with Crippen LogP contribution in [0.25, 0.3) is 0 Å². The zero-order valence-corrected chi connectivity index (χ0v) is 11.7. The number of hydrogen-bond donors (Lipinski definition) is 0. The number of nitrogens with zero attached hydrogens (tertiary/aromatic N) is 2. The van der Waals surface area contributed by atoms with Gasteiger partial charge in [0.2, 0.25) is 0 Å². The molecule has 1 heterocycles. The molecule has 1 fully saturated rings. The molecule has 0 bridgehead atoms. The Hall–Kier alpha value is -2.43. The lowest BCUT2D eigenvalue weighted by Crippen LogP contribution is -2.22. The Bertz CT molecular complexity index is 663. The van der Waals surface area contributed by atoms with Crippen LogP contribution < -0.4 is 0 Å². The molecule has 2 atom stereocenters. The molecule has 2 aromatic rings. The van der Waals surface area contributed by atoms with Crippen LogP contribution in [0, 0.1) is 0 Å². The zero-order chi connectivity index (χ0) is 14.8. The second-order valence-electron chi connectivity index (χ2n) is 5.24. The van der Waals surface area contributed by atoms with E-state index >= 15 is 0 Å². The third-order valence-electron chi connectivity index (χ3n) is 3.83. The van der Waals surface area contributed by atoms with Gasteiger partial charge in [-0.2, -0.15) is 5.10 Å².